The van der Waals surface area contributed by atoms with E-state index in [9.17, 15) is 4.57 Å². The molecule has 0 bridgehead atoms. The number of rotatable bonds is 5. The highest BCUT2D eigenvalue weighted by Gasteiger charge is 2.39. The average Bonchev–Trinajstić information content (AvgIpc) is 2.57. The van der Waals surface area contributed by atoms with Gasteiger partial charge in [-0.3, -0.25) is 0 Å². The van der Waals surface area contributed by atoms with Crippen LogP contribution in [0.25, 0.3) is 0 Å². The Labute approximate surface area is 131 Å². The van der Waals surface area contributed by atoms with Crippen LogP contribution in [0.5, 0.6) is 11.5 Å². The first-order valence-electron chi connectivity index (χ1n) is 7.85. The van der Waals surface area contributed by atoms with Gasteiger partial charge in [0.1, 0.15) is 11.5 Å². The van der Waals surface area contributed by atoms with E-state index in [1.165, 1.54) is 6.42 Å². The molecule has 4 heteroatoms. The highest BCUT2D eigenvalue weighted by molar-refractivity contribution is 7.55. The van der Waals surface area contributed by atoms with Crippen molar-refractivity contribution < 1.29 is 13.6 Å². The Hall–Kier alpha value is -1.73. The van der Waals surface area contributed by atoms with E-state index in [1.807, 2.05) is 60.7 Å². The molecule has 1 aliphatic carbocycles. The molecule has 22 heavy (non-hydrogen) atoms. The maximum Gasteiger partial charge on any atom is 0.433 e. The minimum absolute atomic E-state index is 0.0262. The van der Waals surface area contributed by atoms with Crippen molar-refractivity contribution in [3.05, 3.63) is 60.7 Å². The molecule has 3 rings (SSSR count). The van der Waals surface area contributed by atoms with Crippen LogP contribution in [0.3, 0.4) is 0 Å². The van der Waals surface area contributed by atoms with E-state index < -0.39 is 7.60 Å². The molecular weight excluding hydrogens is 295 g/mol. The summed E-state index contributed by atoms with van der Waals surface area (Å²) in [7, 11) is -3.24. The van der Waals surface area contributed by atoms with Gasteiger partial charge in [-0.25, -0.2) is 4.57 Å². The molecule has 1 aliphatic rings. The van der Waals surface area contributed by atoms with Gasteiger partial charge in [0.05, 0.1) is 5.66 Å². The summed E-state index contributed by atoms with van der Waals surface area (Å²) in [6.45, 7) is 0. The molecule has 0 aromatic heterocycles. The Morgan fingerprint density at radius 1 is 0.727 bits per heavy atom. The molecule has 116 valence electrons. The fraction of sp³-hybridized carbons (Fsp3) is 0.333. The first kappa shape index (κ1) is 15.2. The summed E-state index contributed by atoms with van der Waals surface area (Å²) in [6.07, 6.45) is 5.18. The van der Waals surface area contributed by atoms with Gasteiger partial charge in [0.2, 0.25) is 0 Å². The van der Waals surface area contributed by atoms with Crippen LogP contribution < -0.4 is 9.05 Å². The van der Waals surface area contributed by atoms with Crippen molar-refractivity contribution >= 4 is 7.60 Å². The van der Waals surface area contributed by atoms with Crippen molar-refractivity contribution in [3.8, 4) is 11.5 Å². The lowest BCUT2D eigenvalue weighted by atomic mass is 10.0. The summed E-state index contributed by atoms with van der Waals surface area (Å²) in [5.41, 5.74) is -0.0262. The Morgan fingerprint density at radius 3 is 1.64 bits per heavy atom. The predicted molar refractivity (Wildman–Crippen MR) is 88.6 cm³/mol. The van der Waals surface area contributed by atoms with Crippen LogP contribution in [-0.4, -0.2) is 5.66 Å². The smallest absolute Gasteiger partial charge is 0.416 e. The summed E-state index contributed by atoms with van der Waals surface area (Å²) in [5, 5.41) is 0. The number of hydrogen-bond donors (Lipinski definition) is 0. The molecule has 1 fully saturated rings. The highest BCUT2D eigenvalue weighted by Crippen LogP contribution is 2.56. The Kier molecular flexibility index (Phi) is 4.84. The zero-order valence-corrected chi connectivity index (χ0v) is 13.5. The molecule has 3 nitrogen and oxygen atoms in total. The fourth-order valence-electron chi connectivity index (χ4n) is 2.82. The Bertz CT molecular complexity index is 576. The summed E-state index contributed by atoms with van der Waals surface area (Å²) >= 11 is 0. The quantitative estimate of drug-likeness (QED) is 0.667. The second-order valence-electron chi connectivity index (χ2n) is 5.64. The molecule has 0 heterocycles. The van der Waals surface area contributed by atoms with E-state index in [2.05, 4.69) is 0 Å². The van der Waals surface area contributed by atoms with Crippen molar-refractivity contribution in [2.45, 2.75) is 37.8 Å². The molecule has 0 unspecified atom stereocenters. The van der Waals surface area contributed by atoms with E-state index in [4.69, 9.17) is 9.05 Å². The maximum atomic E-state index is 13.5. The topological polar surface area (TPSA) is 35.5 Å². The zero-order valence-electron chi connectivity index (χ0n) is 12.6. The second kappa shape index (κ2) is 7.02. The molecule has 0 N–H and O–H groups in total. The third kappa shape index (κ3) is 3.72. The van der Waals surface area contributed by atoms with Crippen LogP contribution >= 0.6 is 7.60 Å². The van der Waals surface area contributed by atoms with Gasteiger partial charge in [0.15, 0.2) is 0 Å². The first-order chi connectivity index (χ1) is 10.8. The van der Waals surface area contributed by atoms with E-state index in [0.717, 1.165) is 25.7 Å². The van der Waals surface area contributed by atoms with Crippen LogP contribution in [0.1, 0.15) is 32.1 Å². The summed E-state index contributed by atoms with van der Waals surface area (Å²) in [5.74, 6) is 1.21. The minimum atomic E-state index is -3.24. The molecule has 0 saturated heterocycles. The van der Waals surface area contributed by atoms with E-state index in [0.29, 0.717) is 11.5 Å². The van der Waals surface area contributed by atoms with Crippen molar-refractivity contribution in [3.63, 3.8) is 0 Å². The molecule has 2 aromatic carbocycles. The van der Waals surface area contributed by atoms with Gasteiger partial charge < -0.3 is 9.05 Å². The van der Waals surface area contributed by atoms with Crippen LogP contribution in [0.2, 0.25) is 0 Å². The van der Waals surface area contributed by atoms with Crippen LogP contribution in [0, 0.1) is 0 Å². The minimum Gasteiger partial charge on any atom is -0.416 e. The molecular formula is C18H21O3P. The summed E-state index contributed by atoms with van der Waals surface area (Å²) < 4.78 is 25.2. The van der Waals surface area contributed by atoms with Crippen molar-refractivity contribution in [2.24, 2.45) is 0 Å². The summed E-state index contributed by atoms with van der Waals surface area (Å²) in [4.78, 5) is 0. The fourth-order valence-corrected chi connectivity index (χ4v) is 4.99. The van der Waals surface area contributed by atoms with Crippen LogP contribution in [0.15, 0.2) is 60.7 Å². The standard InChI is InChI=1S/C18H21O3P/c19-22(18-14-8-3-9-15-18,20-16-10-4-1-5-11-16)21-17-12-6-2-7-13-17/h1-2,4-7,10-13,18H,3,8-9,14-15H2. The van der Waals surface area contributed by atoms with E-state index in [-0.39, 0.29) is 5.66 Å². The van der Waals surface area contributed by atoms with Crippen LogP contribution in [0.4, 0.5) is 0 Å². The van der Waals surface area contributed by atoms with Crippen molar-refractivity contribution in [2.75, 3.05) is 0 Å². The lowest BCUT2D eigenvalue weighted by Crippen LogP contribution is -2.19. The zero-order chi connectivity index (χ0) is 15.3. The first-order valence-corrected chi connectivity index (χ1v) is 9.46. The molecule has 1 saturated carbocycles. The molecule has 0 radical (unpaired) electrons. The normalized spacial score (nSPS) is 16.2. The molecule has 2 aromatic rings. The third-order valence-corrected chi connectivity index (χ3v) is 6.32. The van der Waals surface area contributed by atoms with Crippen LogP contribution in [-0.2, 0) is 4.57 Å². The molecule has 0 atom stereocenters. The molecule has 0 spiro atoms. The van der Waals surface area contributed by atoms with Gasteiger partial charge in [-0.1, -0.05) is 55.7 Å². The number of para-hydroxylation sites is 2. The van der Waals surface area contributed by atoms with Crippen molar-refractivity contribution in [1.82, 2.24) is 0 Å². The van der Waals surface area contributed by atoms with Gasteiger partial charge in [-0.15, -0.1) is 0 Å². The number of hydrogen-bond acceptors (Lipinski definition) is 3. The van der Waals surface area contributed by atoms with E-state index in [1.54, 1.807) is 0 Å². The lowest BCUT2D eigenvalue weighted by Gasteiger charge is -2.29. The third-order valence-electron chi connectivity index (χ3n) is 3.97. The summed E-state index contributed by atoms with van der Waals surface area (Å²) in [6, 6.07) is 18.6. The van der Waals surface area contributed by atoms with Gasteiger partial charge in [-0.05, 0) is 37.1 Å². The molecule has 0 aliphatic heterocycles. The predicted octanol–water partition coefficient (Wildman–Crippen LogP) is 5.67. The Morgan fingerprint density at radius 2 is 1.18 bits per heavy atom. The molecule has 0 amide bonds. The van der Waals surface area contributed by atoms with Gasteiger partial charge in [0.25, 0.3) is 0 Å². The average molecular weight is 316 g/mol. The largest absolute Gasteiger partial charge is 0.433 e. The number of benzene rings is 2. The monoisotopic (exact) mass is 316 g/mol. The Balaban J connectivity index is 1.85. The SMILES string of the molecule is O=P(Oc1ccccc1)(Oc1ccccc1)C1CCCCC1. The maximum absolute atomic E-state index is 13.5. The second-order valence-corrected chi connectivity index (χ2v) is 7.82. The van der Waals surface area contributed by atoms with E-state index >= 15 is 0 Å². The highest BCUT2D eigenvalue weighted by atomic mass is 31.2. The van der Waals surface area contributed by atoms with Crippen molar-refractivity contribution in [1.29, 1.82) is 0 Å². The van der Waals surface area contributed by atoms with Gasteiger partial charge >= 0.3 is 7.60 Å². The van der Waals surface area contributed by atoms with Gasteiger partial charge in [0, 0.05) is 0 Å². The lowest BCUT2D eigenvalue weighted by molar-refractivity contribution is 0.349. The van der Waals surface area contributed by atoms with Gasteiger partial charge in [-0.2, -0.15) is 0 Å².